The number of allylic oxidation sites excluding steroid dienone is 3. The summed E-state index contributed by atoms with van der Waals surface area (Å²) < 4.78 is 11.1. The second-order valence-corrected chi connectivity index (χ2v) is 17.0. The van der Waals surface area contributed by atoms with E-state index in [9.17, 15) is 14.4 Å². The molecule has 3 aliphatic rings. The number of fused-ring (bicyclic) bond motifs is 7. The Kier molecular flexibility index (Phi) is 13.3. The molecule has 8 bridgehead atoms. The fourth-order valence-electron chi connectivity index (χ4n) is 9.76. The summed E-state index contributed by atoms with van der Waals surface area (Å²) in [5.41, 5.74) is 16.3. The second-order valence-electron chi connectivity index (χ2n) is 17.0. The number of carbonyl (C=O) groups excluding carboxylic acids is 3. The summed E-state index contributed by atoms with van der Waals surface area (Å²) in [4.78, 5) is 52.5. The number of unbranched alkanes of at least 4 members (excludes halogenated alkanes) is 1. The van der Waals surface area contributed by atoms with Crippen LogP contribution in [0, 0.1) is 44.4 Å². The Hall–Kier alpha value is -4.53. The van der Waals surface area contributed by atoms with Crippen LogP contribution in [0.4, 0.5) is 0 Å². The van der Waals surface area contributed by atoms with Crippen molar-refractivity contribution in [1.29, 1.82) is 0 Å². The zero-order chi connectivity index (χ0) is 41.1. The molecule has 4 atom stereocenters. The molecule has 9 nitrogen and oxygen atoms in total. The maximum atomic E-state index is 14.4. The van der Waals surface area contributed by atoms with Crippen molar-refractivity contribution in [2.24, 2.45) is 23.7 Å². The van der Waals surface area contributed by atoms with Crippen LogP contribution in [0.5, 0.6) is 0 Å². The number of ketones is 1. The lowest BCUT2D eigenvalue weighted by Crippen LogP contribution is -2.25. The van der Waals surface area contributed by atoms with Crippen LogP contribution in [-0.2, 0) is 44.7 Å². The fourth-order valence-corrected chi connectivity index (χ4v) is 9.76. The molecule has 3 aromatic heterocycles. The molecule has 0 aromatic carbocycles. The van der Waals surface area contributed by atoms with Gasteiger partial charge in [-0.05, 0) is 106 Å². The first-order valence-electron chi connectivity index (χ1n) is 21.6. The molecule has 6 rings (SSSR count). The quantitative estimate of drug-likeness (QED) is 0.0691. The number of Topliss-reactive ketones (excluding diaryl/α,β-unsaturated/α-hetero) is 1. The number of hydrogen-bond acceptors (Lipinski definition) is 6. The highest BCUT2D eigenvalue weighted by molar-refractivity contribution is 6.24. The second kappa shape index (κ2) is 17.9. The third kappa shape index (κ3) is 8.40. The normalized spacial score (nSPS) is 21.7. The summed E-state index contributed by atoms with van der Waals surface area (Å²) in [6.45, 7) is 19.9. The van der Waals surface area contributed by atoms with Crippen LogP contribution >= 0.6 is 0 Å². The molecule has 3 aromatic rings. The Balaban J connectivity index is 1.36. The summed E-state index contributed by atoms with van der Waals surface area (Å²) in [6, 6.07) is 0. The van der Waals surface area contributed by atoms with E-state index in [1.54, 1.807) is 0 Å². The standard InChI is InChI=1S/C48H66N4O5/c1-11-14-16-26(4)17-15-18-27(5)21-22-57-41(53)20-19-34-30(8)37-23-35-28(6)32(12-2)39(49-35)24-36-29(7)33(13-3)40(50-36)25-38-31(9)42-46(52-38)43(45(34)51-37)44(47(42)54)48(55)56-10/h21,23,26,30,34,44,49-52H,11-20,22,24-25H2,1-10H3/b27-21+,37-23-,45-43-/t26-,30+,34+,44-/m1/s1. The van der Waals surface area contributed by atoms with E-state index in [2.05, 4.69) is 81.7 Å². The molecule has 57 heavy (non-hydrogen) atoms. The number of carbonyl (C=O) groups is 3. The van der Waals surface area contributed by atoms with Crippen molar-refractivity contribution in [2.45, 2.75) is 139 Å². The lowest BCUT2D eigenvalue weighted by Gasteiger charge is -2.19. The molecule has 1 aliphatic carbocycles. The van der Waals surface area contributed by atoms with Gasteiger partial charge in [0.1, 0.15) is 12.5 Å². The van der Waals surface area contributed by atoms with E-state index in [-0.39, 0.29) is 36.6 Å². The van der Waals surface area contributed by atoms with E-state index in [1.807, 2.05) is 13.0 Å². The van der Waals surface area contributed by atoms with Gasteiger partial charge < -0.3 is 29.7 Å². The third-order valence-electron chi connectivity index (χ3n) is 13.3. The summed E-state index contributed by atoms with van der Waals surface area (Å²) in [7, 11) is 1.34. The number of nitrogens with one attached hydrogen (secondary N) is 4. The number of aromatic amines is 3. The van der Waals surface area contributed by atoms with Crippen molar-refractivity contribution in [3.8, 4) is 0 Å². The van der Waals surface area contributed by atoms with E-state index in [4.69, 9.17) is 9.47 Å². The molecule has 0 saturated carbocycles. The number of methoxy groups -OCH3 is 1. The molecular formula is C48H66N4O5. The van der Waals surface area contributed by atoms with Gasteiger partial charge in [-0.3, -0.25) is 14.4 Å². The number of esters is 2. The van der Waals surface area contributed by atoms with Gasteiger partial charge in [0.2, 0.25) is 0 Å². The van der Waals surface area contributed by atoms with E-state index in [0.29, 0.717) is 29.7 Å². The number of rotatable bonds is 15. The van der Waals surface area contributed by atoms with Gasteiger partial charge in [-0.2, -0.15) is 0 Å². The van der Waals surface area contributed by atoms with Crippen molar-refractivity contribution >= 4 is 29.4 Å². The minimum atomic E-state index is -1.11. The highest BCUT2D eigenvalue weighted by atomic mass is 16.5. The zero-order valence-corrected chi connectivity index (χ0v) is 36.2. The van der Waals surface area contributed by atoms with Crippen LogP contribution in [0.1, 0.15) is 165 Å². The van der Waals surface area contributed by atoms with Crippen LogP contribution in [0.2, 0.25) is 0 Å². The first kappa shape index (κ1) is 42.1. The van der Waals surface area contributed by atoms with Gasteiger partial charge in [0.25, 0.3) is 0 Å². The van der Waals surface area contributed by atoms with Gasteiger partial charge in [-0.25, -0.2) is 0 Å². The van der Waals surface area contributed by atoms with Crippen LogP contribution in [0.15, 0.2) is 23.0 Å². The highest BCUT2D eigenvalue weighted by Crippen LogP contribution is 2.48. The average Bonchev–Trinajstić information content (AvgIpc) is 3.93. The third-order valence-corrected chi connectivity index (χ3v) is 13.3. The molecule has 0 spiro atoms. The Labute approximate surface area is 339 Å². The molecule has 0 radical (unpaired) electrons. The summed E-state index contributed by atoms with van der Waals surface area (Å²) in [5.74, 6) is -1.67. The van der Waals surface area contributed by atoms with E-state index >= 15 is 0 Å². The average molecular weight is 779 g/mol. The first-order valence-corrected chi connectivity index (χ1v) is 21.6. The van der Waals surface area contributed by atoms with Crippen LogP contribution in [0.25, 0.3) is 11.6 Å². The van der Waals surface area contributed by atoms with Gasteiger partial charge in [-0.1, -0.05) is 65.9 Å². The van der Waals surface area contributed by atoms with Crippen molar-refractivity contribution in [3.63, 3.8) is 0 Å². The topological polar surface area (TPSA) is 129 Å². The zero-order valence-electron chi connectivity index (χ0n) is 36.2. The van der Waals surface area contributed by atoms with E-state index in [0.717, 1.165) is 72.1 Å². The number of ether oxygens (including phenoxy) is 2. The molecule has 9 heteroatoms. The van der Waals surface area contributed by atoms with Gasteiger partial charge in [0, 0.05) is 82.1 Å². The van der Waals surface area contributed by atoms with Crippen molar-refractivity contribution in [1.82, 2.24) is 20.3 Å². The predicted octanol–water partition coefficient (Wildman–Crippen LogP) is 10.1. The van der Waals surface area contributed by atoms with Crippen LogP contribution in [0.3, 0.4) is 0 Å². The van der Waals surface area contributed by atoms with Crippen molar-refractivity contribution in [3.05, 3.63) is 90.6 Å². The summed E-state index contributed by atoms with van der Waals surface area (Å²) in [6.07, 6.45) is 15.3. The lowest BCUT2D eigenvalue weighted by atomic mass is 9.85. The first-order chi connectivity index (χ1) is 27.3. The Morgan fingerprint density at radius 3 is 2.25 bits per heavy atom. The van der Waals surface area contributed by atoms with Gasteiger partial charge in [0.05, 0.1) is 12.8 Å². The number of H-pyrrole nitrogens is 3. The maximum absolute atomic E-state index is 14.4. The largest absolute Gasteiger partial charge is 0.468 e. The summed E-state index contributed by atoms with van der Waals surface area (Å²) in [5, 5.41) is 3.74. The predicted molar refractivity (Wildman–Crippen MR) is 228 cm³/mol. The smallest absolute Gasteiger partial charge is 0.321 e. The molecule has 0 amide bonds. The Bertz CT molecular complexity index is 2100. The maximum Gasteiger partial charge on any atom is 0.321 e. The molecule has 5 heterocycles. The lowest BCUT2D eigenvalue weighted by molar-refractivity contribution is -0.143. The highest BCUT2D eigenvalue weighted by Gasteiger charge is 2.48. The van der Waals surface area contributed by atoms with E-state index < -0.39 is 11.9 Å². The van der Waals surface area contributed by atoms with Gasteiger partial charge >= 0.3 is 11.9 Å². The number of hydrogen-bond donors (Lipinski definition) is 4. The molecule has 0 unspecified atom stereocenters. The minimum Gasteiger partial charge on any atom is -0.468 e. The fraction of sp³-hybridized carbons (Fsp3) is 0.562. The van der Waals surface area contributed by atoms with Crippen LogP contribution in [-0.4, -0.2) is 46.4 Å². The summed E-state index contributed by atoms with van der Waals surface area (Å²) >= 11 is 0. The minimum absolute atomic E-state index is 0.0399. The Morgan fingerprint density at radius 2 is 1.56 bits per heavy atom. The SMILES string of the molecule is CCCC[C@@H](C)CCC/C(C)=C/COC(=O)CC[C@@H]1/C2=C3/c4[nH]c(c(C)c4C(=O)[C@@H]3C(=O)OC)Cc3[nH]c(c(C)c3CC)Cc3[nH]c(c(C)c3CC)/C=C(\N2)[C@H]1C. The van der Waals surface area contributed by atoms with Crippen LogP contribution < -0.4 is 5.32 Å². The molecule has 4 N–H and O–H groups in total. The molecule has 1 fully saturated rings. The monoisotopic (exact) mass is 779 g/mol. The van der Waals surface area contributed by atoms with Crippen molar-refractivity contribution < 1.29 is 23.9 Å². The van der Waals surface area contributed by atoms with Gasteiger partial charge in [-0.15, -0.1) is 0 Å². The molecule has 308 valence electrons. The Morgan fingerprint density at radius 1 is 0.895 bits per heavy atom. The van der Waals surface area contributed by atoms with E-state index in [1.165, 1.54) is 72.0 Å². The van der Waals surface area contributed by atoms with Gasteiger partial charge in [0.15, 0.2) is 5.78 Å². The number of aromatic nitrogens is 3. The van der Waals surface area contributed by atoms with Crippen molar-refractivity contribution in [2.75, 3.05) is 13.7 Å². The molecule has 2 aliphatic heterocycles. The molecular weight excluding hydrogens is 713 g/mol. The molecule has 1 saturated heterocycles.